The van der Waals surface area contributed by atoms with Gasteiger partial charge in [-0.25, -0.2) is 4.68 Å². The van der Waals surface area contributed by atoms with Gasteiger partial charge in [0.15, 0.2) is 5.78 Å². The summed E-state index contributed by atoms with van der Waals surface area (Å²) in [6.07, 6.45) is -3.99. The van der Waals surface area contributed by atoms with Crippen molar-refractivity contribution in [2.45, 2.75) is 36.2 Å². The Labute approximate surface area is 231 Å². The van der Waals surface area contributed by atoms with Crippen LogP contribution in [0.25, 0.3) is 10.9 Å². The Hall–Kier alpha value is -3.99. The lowest BCUT2D eigenvalue weighted by molar-refractivity contribution is -0.144. The van der Waals surface area contributed by atoms with Gasteiger partial charge in [0.2, 0.25) is 0 Å². The number of rotatable bonds is 8. The van der Waals surface area contributed by atoms with Crippen molar-refractivity contribution in [2.24, 2.45) is 17.8 Å². The summed E-state index contributed by atoms with van der Waals surface area (Å²) in [6, 6.07) is 19.6. The minimum absolute atomic E-state index is 0.00823. The minimum Gasteiger partial charge on any atom is -0.481 e. The van der Waals surface area contributed by atoms with E-state index in [-0.39, 0.29) is 23.2 Å². The predicted octanol–water partition coefficient (Wildman–Crippen LogP) is 5.71. The van der Waals surface area contributed by atoms with Crippen LogP contribution in [-0.4, -0.2) is 31.9 Å². The number of ketones is 1. The largest absolute Gasteiger partial charge is 0.481 e. The van der Waals surface area contributed by atoms with Gasteiger partial charge >= 0.3 is 12.1 Å². The van der Waals surface area contributed by atoms with E-state index in [9.17, 15) is 32.7 Å². The first-order valence-electron chi connectivity index (χ1n) is 12.6. The number of benzene rings is 3. The first-order valence-corrected chi connectivity index (χ1v) is 13.6. The van der Waals surface area contributed by atoms with Gasteiger partial charge in [0, 0.05) is 22.1 Å². The van der Waals surface area contributed by atoms with Crippen LogP contribution in [0.4, 0.5) is 13.2 Å². The zero-order valence-corrected chi connectivity index (χ0v) is 21.9. The lowest BCUT2D eigenvalue weighted by Crippen LogP contribution is -2.34. The van der Waals surface area contributed by atoms with Crippen molar-refractivity contribution < 1.29 is 27.9 Å². The molecule has 0 aliphatic heterocycles. The maximum Gasteiger partial charge on any atom is 0.416 e. The summed E-state index contributed by atoms with van der Waals surface area (Å²) in [5.41, 5.74) is -0.197. The van der Waals surface area contributed by atoms with Crippen molar-refractivity contribution in [2.75, 3.05) is 0 Å². The fourth-order valence-electron chi connectivity index (χ4n) is 5.22. The number of carbonyl (C=O) groups excluding carboxylic acids is 1. The summed E-state index contributed by atoms with van der Waals surface area (Å²) in [5.74, 6) is -3.19. The van der Waals surface area contributed by atoms with Crippen molar-refractivity contribution >= 4 is 34.4 Å². The van der Waals surface area contributed by atoms with Crippen LogP contribution < -0.4 is 5.56 Å². The van der Waals surface area contributed by atoms with Crippen LogP contribution in [-0.2, 0) is 23.3 Å². The number of nitrogens with zero attached hydrogens (tertiary/aromatic N) is 3. The van der Waals surface area contributed by atoms with Crippen molar-refractivity contribution in [3.63, 3.8) is 0 Å². The summed E-state index contributed by atoms with van der Waals surface area (Å²) in [4.78, 5) is 39.6. The van der Waals surface area contributed by atoms with Gasteiger partial charge in [-0.15, -0.1) is 16.9 Å². The van der Waals surface area contributed by atoms with E-state index in [2.05, 4.69) is 10.3 Å². The Balaban J connectivity index is 1.32. The van der Waals surface area contributed by atoms with E-state index in [0.717, 1.165) is 33.5 Å². The molecule has 1 fully saturated rings. The second-order valence-electron chi connectivity index (χ2n) is 9.78. The molecule has 0 saturated heterocycles. The fraction of sp³-hybridized carbons (Fsp3) is 0.276. The van der Waals surface area contributed by atoms with Crippen LogP contribution in [0.15, 0.2) is 82.5 Å². The number of fused-ring (bicyclic) bond motifs is 1. The summed E-state index contributed by atoms with van der Waals surface area (Å²) in [6.45, 7) is -0.173. The molecule has 1 aromatic heterocycles. The van der Waals surface area contributed by atoms with Gasteiger partial charge in [0.1, 0.15) is 5.52 Å². The molecule has 3 atom stereocenters. The molecule has 5 rings (SSSR count). The van der Waals surface area contributed by atoms with Gasteiger partial charge in [-0.1, -0.05) is 47.7 Å². The maximum atomic E-state index is 13.4. The minimum atomic E-state index is -4.64. The Morgan fingerprint density at radius 2 is 1.73 bits per heavy atom. The Morgan fingerprint density at radius 3 is 2.40 bits per heavy atom. The lowest BCUT2D eigenvalue weighted by Gasteiger charge is -2.20. The molecule has 1 aliphatic carbocycles. The van der Waals surface area contributed by atoms with Gasteiger partial charge in [-0.05, 0) is 54.7 Å². The number of carboxylic acid groups (broad SMARTS) is 1. The average Bonchev–Trinajstić information content (AvgIpc) is 3.37. The molecule has 0 spiro atoms. The number of carboxylic acids is 1. The molecule has 40 heavy (non-hydrogen) atoms. The molecule has 4 aromatic rings. The van der Waals surface area contributed by atoms with E-state index in [1.54, 1.807) is 23.9 Å². The van der Waals surface area contributed by atoms with E-state index < -0.39 is 41.0 Å². The molecule has 0 bridgehead atoms. The lowest BCUT2D eigenvalue weighted by atomic mass is 9.84. The van der Waals surface area contributed by atoms with Gasteiger partial charge < -0.3 is 5.11 Å². The van der Waals surface area contributed by atoms with Crippen LogP contribution in [0.3, 0.4) is 0 Å². The van der Waals surface area contributed by atoms with Gasteiger partial charge in [-0.2, -0.15) is 13.2 Å². The number of hydrogen-bond acceptors (Lipinski definition) is 6. The molecule has 3 aromatic carbocycles. The molecular weight excluding hydrogens is 543 g/mol. The number of carbonyl (C=O) groups is 2. The Morgan fingerprint density at radius 1 is 1.00 bits per heavy atom. The third kappa shape index (κ3) is 5.79. The standard InChI is InChI=1S/C29H24F3N3O4S/c30-29(31,32)20-9-13-24-23(14-20)27(37)35(34-33-24)15-19-8-12-22(25(19)28(38)39)26(36)18-6-10-21(11-7-18)40-16-17-4-2-1-3-5-17/h1-7,9-11,13-14,19,22,25H,8,12,15-16H2,(H,38,39)/t19-,22-,25-/m0/s1. The van der Waals surface area contributed by atoms with Crippen LogP contribution >= 0.6 is 11.8 Å². The van der Waals surface area contributed by atoms with Crippen molar-refractivity contribution in [3.05, 3.63) is 99.8 Å². The monoisotopic (exact) mass is 567 g/mol. The molecule has 1 saturated carbocycles. The summed E-state index contributed by atoms with van der Waals surface area (Å²) < 4.78 is 40.4. The topological polar surface area (TPSA) is 102 Å². The van der Waals surface area contributed by atoms with Gasteiger partial charge in [0.05, 0.1) is 23.4 Å². The highest BCUT2D eigenvalue weighted by Gasteiger charge is 2.45. The quantitative estimate of drug-likeness (QED) is 0.215. The zero-order valence-electron chi connectivity index (χ0n) is 21.0. The summed E-state index contributed by atoms with van der Waals surface area (Å²) in [5, 5.41) is 17.4. The Kier molecular flexibility index (Phi) is 7.75. The third-order valence-electron chi connectivity index (χ3n) is 7.26. The highest BCUT2D eigenvalue weighted by Crippen LogP contribution is 2.40. The number of aliphatic carboxylic acids is 1. The van der Waals surface area contributed by atoms with E-state index in [0.29, 0.717) is 18.4 Å². The number of halogens is 3. The molecule has 0 unspecified atom stereocenters. The van der Waals surface area contributed by atoms with Gasteiger partial charge in [-0.3, -0.25) is 14.4 Å². The smallest absolute Gasteiger partial charge is 0.416 e. The number of hydrogen-bond donors (Lipinski definition) is 1. The van der Waals surface area contributed by atoms with Crippen molar-refractivity contribution in [1.29, 1.82) is 0 Å². The second-order valence-corrected chi connectivity index (χ2v) is 10.8. The molecule has 0 amide bonds. The normalized spacial score (nSPS) is 19.1. The molecular formula is C29H24F3N3O4S. The van der Waals surface area contributed by atoms with Crippen molar-refractivity contribution in [3.8, 4) is 0 Å². The summed E-state index contributed by atoms with van der Waals surface area (Å²) in [7, 11) is 0. The molecule has 1 heterocycles. The molecule has 11 heteroatoms. The fourth-order valence-corrected chi connectivity index (χ4v) is 6.07. The first-order chi connectivity index (χ1) is 19.1. The third-order valence-corrected chi connectivity index (χ3v) is 8.34. The summed E-state index contributed by atoms with van der Waals surface area (Å²) >= 11 is 1.62. The number of thioether (sulfide) groups is 1. The van der Waals surface area contributed by atoms with Crippen LogP contribution in [0.1, 0.15) is 34.3 Å². The maximum absolute atomic E-state index is 13.4. The van der Waals surface area contributed by atoms with Crippen molar-refractivity contribution in [1.82, 2.24) is 15.0 Å². The Bertz CT molecular complexity index is 1610. The second kappa shape index (κ2) is 11.2. The number of aromatic nitrogens is 3. The molecule has 7 nitrogen and oxygen atoms in total. The van der Waals surface area contributed by atoms with E-state index in [1.807, 2.05) is 42.5 Å². The van der Waals surface area contributed by atoms with E-state index in [1.165, 1.54) is 5.56 Å². The molecule has 1 N–H and O–H groups in total. The number of alkyl halides is 3. The molecule has 0 radical (unpaired) electrons. The van der Waals surface area contributed by atoms with E-state index >= 15 is 0 Å². The highest BCUT2D eigenvalue weighted by atomic mass is 32.2. The van der Waals surface area contributed by atoms with Crippen LogP contribution in [0.2, 0.25) is 0 Å². The molecule has 1 aliphatic rings. The van der Waals surface area contributed by atoms with Crippen LogP contribution in [0, 0.1) is 17.8 Å². The number of Topliss-reactive ketones (excluding diaryl/α,β-unsaturated/α-hetero) is 1. The zero-order chi connectivity index (χ0) is 28.4. The van der Waals surface area contributed by atoms with Gasteiger partial charge in [0.25, 0.3) is 5.56 Å². The predicted molar refractivity (Wildman–Crippen MR) is 143 cm³/mol. The van der Waals surface area contributed by atoms with Crippen LogP contribution in [0.5, 0.6) is 0 Å². The molecule has 206 valence electrons. The van der Waals surface area contributed by atoms with E-state index in [4.69, 9.17) is 0 Å². The average molecular weight is 568 g/mol. The first kappa shape index (κ1) is 27.6. The highest BCUT2D eigenvalue weighted by molar-refractivity contribution is 7.98. The SMILES string of the molecule is O=C(O)[C@H]1[C@H](Cn2nnc3ccc(C(F)(F)F)cc3c2=O)CC[C@@H]1C(=O)c1ccc(SCc2ccccc2)cc1.